The van der Waals surface area contributed by atoms with Crippen LogP contribution in [0.25, 0.3) is 0 Å². The van der Waals surface area contributed by atoms with Gasteiger partial charge in [-0.25, -0.2) is 9.18 Å². The van der Waals surface area contributed by atoms with E-state index in [2.05, 4.69) is 10.6 Å². The minimum Gasteiger partial charge on any atom is -0.333 e. The molecule has 0 radical (unpaired) electrons. The summed E-state index contributed by atoms with van der Waals surface area (Å²) in [7, 11) is 0. The van der Waals surface area contributed by atoms with Gasteiger partial charge in [0.05, 0.1) is 11.7 Å². The molecular formula is C18H17ClFN3O2. The molecule has 0 aliphatic carbocycles. The lowest BCUT2D eigenvalue weighted by Gasteiger charge is -2.18. The number of urea groups is 1. The van der Waals surface area contributed by atoms with Gasteiger partial charge < -0.3 is 15.5 Å². The van der Waals surface area contributed by atoms with Crippen LogP contribution >= 0.6 is 11.6 Å². The highest BCUT2D eigenvalue weighted by molar-refractivity contribution is 6.31. The van der Waals surface area contributed by atoms with Gasteiger partial charge in [0.1, 0.15) is 5.82 Å². The first-order chi connectivity index (χ1) is 11.9. The normalized spacial score (nSPS) is 16.8. The first kappa shape index (κ1) is 17.2. The standard InChI is InChI=1S/C18H17ClFN3O2/c1-11-6-7-12(19)8-15(11)22-18(25)21-13-9-17(24)23(10-13)16-5-3-2-4-14(16)20/h2-8,13H,9-10H2,1H3,(H2,21,22,25). The van der Waals surface area contributed by atoms with Crippen LogP contribution in [-0.4, -0.2) is 24.5 Å². The molecule has 2 aromatic carbocycles. The second kappa shape index (κ2) is 7.11. The number of para-hydroxylation sites is 1. The number of hydrogen-bond acceptors (Lipinski definition) is 2. The van der Waals surface area contributed by atoms with E-state index in [1.807, 2.05) is 6.92 Å². The molecule has 1 atom stereocenters. The van der Waals surface area contributed by atoms with Crippen LogP contribution in [0.3, 0.4) is 0 Å². The molecule has 25 heavy (non-hydrogen) atoms. The SMILES string of the molecule is Cc1ccc(Cl)cc1NC(=O)NC1CC(=O)N(c2ccccc2F)C1. The van der Waals surface area contributed by atoms with Gasteiger partial charge in [0.2, 0.25) is 5.91 Å². The Morgan fingerprint density at radius 2 is 2.04 bits per heavy atom. The van der Waals surface area contributed by atoms with E-state index in [9.17, 15) is 14.0 Å². The summed E-state index contributed by atoms with van der Waals surface area (Å²) in [5.41, 5.74) is 1.69. The number of nitrogens with one attached hydrogen (secondary N) is 2. The minimum absolute atomic E-state index is 0.121. The Morgan fingerprint density at radius 3 is 2.80 bits per heavy atom. The van der Waals surface area contributed by atoms with Crippen molar-refractivity contribution < 1.29 is 14.0 Å². The molecule has 1 aliphatic heterocycles. The fourth-order valence-corrected chi connectivity index (χ4v) is 2.95. The van der Waals surface area contributed by atoms with Crippen molar-refractivity contribution >= 4 is 34.9 Å². The van der Waals surface area contributed by atoms with Crippen molar-refractivity contribution in [3.05, 3.63) is 58.9 Å². The average Bonchev–Trinajstić information content (AvgIpc) is 2.91. The lowest BCUT2D eigenvalue weighted by atomic mass is 10.2. The van der Waals surface area contributed by atoms with E-state index in [4.69, 9.17) is 11.6 Å². The zero-order chi connectivity index (χ0) is 18.0. The molecular weight excluding hydrogens is 345 g/mol. The molecule has 1 fully saturated rings. The fraction of sp³-hybridized carbons (Fsp3) is 0.222. The molecule has 2 N–H and O–H groups in total. The maximum Gasteiger partial charge on any atom is 0.319 e. The summed E-state index contributed by atoms with van der Waals surface area (Å²) in [5, 5.41) is 5.98. The second-order valence-corrected chi connectivity index (χ2v) is 6.35. The van der Waals surface area contributed by atoms with Crippen molar-refractivity contribution in [1.82, 2.24) is 5.32 Å². The molecule has 7 heteroatoms. The molecule has 5 nitrogen and oxygen atoms in total. The van der Waals surface area contributed by atoms with E-state index >= 15 is 0 Å². The minimum atomic E-state index is -0.462. The largest absolute Gasteiger partial charge is 0.333 e. The molecule has 0 bridgehead atoms. The Kier molecular flexibility index (Phi) is 4.90. The molecule has 130 valence electrons. The summed E-state index contributed by atoms with van der Waals surface area (Å²) in [4.78, 5) is 25.7. The summed E-state index contributed by atoms with van der Waals surface area (Å²) < 4.78 is 13.9. The first-order valence-electron chi connectivity index (χ1n) is 7.82. The molecule has 1 aliphatic rings. The third-order valence-electron chi connectivity index (χ3n) is 4.05. The number of nitrogens with zero attached hydrogens (tertiary/aromatic N) is 1. The smallest absolute Gasteiger partial charge is 0.319 e. The van der Waals surface area contributed by atoms with Crippen molar-refractivity contribution in [3.63, 3.8) is 0 Å². The van der Waals surface area contributed by atoms with Gasteiger partial charge in [-0.2, -0.15) is 0 Å². The third-order valence-corrected chi connectivity index (χ3v) is 4.29. The maximum absolute atomic E-state index is 13.9. The van der Waals surface area contributed by atoms with Crippen LogP contribution in [0.5, 0.6) is 0 Å². The van der Waals surface area contributed by atoms with Crippen LogP contribution in [0, 0.1) is 12.7 Å². The Bertz CT molecular complexity index is 828. The molecule has 3 amide bonds. The topological polar surface area (TPSA) is 61.4 Å². The van der Waals surface area contributed by atoms with Gasteiger partial charge in [0, 0.05) is 23.7 Å². The molecule has 3 rings (SSSR count). The van der Waals surface area contributed by atoms with Crippen molar-refractivity contribution in [2.24, 2.45) is 0 Å². The molecule has 1 unspecified atom stereocenters. The van der Waals surface area contributed by atoms with Crippen LogP contribution in [-0.2, 0) is 4.79 Å². The Balaban J connectivity index is 1.64. The Hall–Kier alpha value is -2.60. The van der Waals surface area contributed by atoms with Crippen molar-refractivity contribution in [1.29, 1.82) is 0 Å². The summed E-state index contributed by atoms with van der Waals surface area (Å²) in [6, 6.07) is 10.4. The van der Waals surface area contributed by atoms with E-state index in [0.717, 1.165) is 5.56 Å². The van der Waals surface area contributed by atoms with Crippen molar-refractivity contribution in [2.75, 3.05) is 16.8 Å². The Morgan fingerprint density at radius 1 is 1.28 bits per heavy atom. The number of anilines is 2. The predicted octanol–water partition coefficient (Wildman–Crippen LogP) is 3.71. The highest BCUT2D eigenvalue weighted by atomic mass is 35.5. The van der Waals surface area contributed by atoms with Crippen LogP contribution in [0.1, 0.15) is 12.0 Å². The highest BCUT2D eigenvalue weighted by Gasteiger charge is 2.32. The van der Waals surface area contributed by atoms with E-state index in [-0.39, 0.29) is 24.6 Å². The number of aryl methyl sites for hydroxylation is 1. The highest BCUT2D eigenvalue weighted by Crippen LogP contribution is 2.24. The number of halogens is 2. The van der Waals surface area contributed by atoms with Gasteiger partial charge in [-0.1, -0.05) is 29.8 Å². The summed E-state index contributed by atoms with van der Waals surface area (Å²) in [6.07, 6.45) is 0.121. The molecule has 1 saturated heterocycles. The number of carbonyl (C=O) groups is 2. The zero-order valence-corrected chi connectivity index (χ0v) is 14.3. The van der Waals surface area contributed by atoms with Gasteiger partial charge in [0.15, 0.2) is 0 Å². The van der Waals surface area contributed by atoms with Gasteiger partial charge in [0.25, 0.3) is 0 Å². The fourth-order valence-electron chi connectivity index (χ4n) is 2.78. The quantitative estimate of drug-likeness (QED) is 0.875. The molecule has 2 aromatic rings. The number of benzene rings is 2. The zero-order valence-electron chi connectivity index (χ0n) is 13.6. The van der Waals surface area contributed by atoms with Gasteiger partial charge in [-0.15, -0.1) is 0 Å². The van der Waals surface area contributed by atoms with E-state index in [0.29, 0.717) is 10.7 Å². The third kappa shape index (κ3) is 3.91. The number of hydrogen-bond donors (Lipinski definition) is 2. The summed E-state index contributed by atoms with van der Waals surface area (Å²) in [6.45, 7) is 2.08. The molecule has 0 saturated carbocycles. The Labute approximate surface area is 149 Å². The van der Waals surface area contributed by atoms with Crippen LogP contribution in [0.4, 0.5) is 20.6 Å². The molecule has 0 spiro atoms. The average molecular weight is 362 g/mol. The van der Waals surface area contributed by atoms with E-state index in [1.54, 1.807) is 36.4 Å². The van der Waals surface area contributed by atoms with Crippen LogP contribution in [0.2, 0.25) is 5.02 Å². The van der Waals surface area contributed by atoms with Crippen LogP contribution in [0.15, 0.2) is 42.5 Å². The lowest BCUT2D eigenvalue weighted by Crippen LogP contribution is -2.40. The summed E-state index contributed by atoms with van der Waals surface area (Å²) in [5.74, 6) is -0.690. The van der Waals surface area contributed by atoms with Gasteiger partial charge >= 0.3 is 6.03 Å². The van der Waals surface area contributed by atoms with Gasteiger partial charge in [-0.3, -0.25) is 4.79 Å². The monoisotopic (exact) mass is 361 g/mol. The summed E-state index contributed by atoms with van der Waals surface area (Å²) >= 11 is 5.93. The molecule has 1 heterocycles. The van der Waals surface area contributed by atoms with Gasteiger partial charge in [-0.05, 0) is 36.8 Å². The first-order valence-corrected chi connectivity index (χ1v) is 8.20. The number of carbonyl (C=O) groups excluding carboxylic acids is 2. The van der Waals surface area contributed by atoms with Crippen molar-refractivity contribution in [2.45, 2.75) is 19.4 Å². The number of rotatable bonds is 3. The van der Waals surface area contributed by atoms with Crippen LogP contribution < -0.4 is 15.5 Å². The predicted molar refractivity (Wildman–Crippen MR) is 95.5 cm³/mol. The van der Waals surface area contributed by atoms with Crippen molar-refractivity contribution in [3.8, 4) is 0 Å². The second-order valence-electron chi connectivity index (χ2n) is 5.91. The molecule has 0 aromatic heterocycles. The number of amides is 3. The lowest BCUT2D eigenvalue weighted by molar-refractivity contribution is -0.117. The van der Waals surface area contributed by atoms with E-state index < -0.39 is 17.9 Å². The maximum atomic E-state index is 13.9. The van der Waals surface area contributed by atoms with E-state index in [1.165, 1.54) is 11.0 Å².